The van der Waals surface area contributed by atoms with E-state index in [0.717, 1.165) is 58.3 Å². The molecule has 0 aliphatic carbocycles. The SMILES string of the molecule is CC(C)N1CCCC(NCC2CCCO2)(C(N)=O)CC1. The van der Waals surface area contributed by atoms with E-state index >= 15 is 0 Å². The lowest BCUT2D eigenvalue weighted by atomic mass is 9.89. The van der Waals surface area contributed by atoms with Crippen LogP contribution in [0.25, 0.3) is 0 Å². The molecule has 2 fully saturated rings. The summed E-state index contributed by atoms with van der Waals surface area (Å²) in [6.45, 7) is 7.98. The Hall–Kier alpha value is -0.650. The molecule has 2 aliphatic heterocycles. The Labute approximate surface area is 122 Å². The van der Waals surface area contributed by atoms with E-state index in [9.17, 15) is 4.79 Å². The Morgan fingerprint density at radius 2 is 2.20 bits per heavy atom. The van der Waals surface area contributed by atoms with E-state index in [4.69, 9.17) is 10.5 Å². The number of hydrogen-bond donors (Lipinski definition) is 2. The van der Waals surface area contributed by atoms with Gasteiger partial charge in [0.05, 0.1) is 11.6 Å². The highest BCUT2D eigenvalue weighted by Crippen LogP contribution is 2.24. The molecule has 2 unspecified atom stereocenters. The minimum atomic E-state index is -0.546. The van der Waals surface area contributed by atoms with E-state index in [1.807, 2.05) is 0 Å². The van der Waals surface area contributed by atoms with Crippen molar-refractivity contribution in [2.24, 2.45) is 5.73 Å². The van der Waals surface area contributed by atoms with Crippen LogP contribution in [0.3, 0.4) is 0 Å². The average Bonchev–Trinajstić information content (AvgIpc) is 2.81. The lowest BCUT2D eigenvalue weighted by Crippen LogP contribution is -2.57. The molecule has 0 aromatic carbocycles. The van der Waals surface area contributed by atoms with Crippen molar-refractivity contribution < 1.29 is 9.53 Å². The molecule has 0 radical (unpaired) electrons. The minimum Gasteiger partial charge on any atom is -0.377 e. The van der Waals surface area contributed by atoms with E-state index in [-0.39, 0.29) is 12.0 Å². The van der Waals surface area contributed by atoms with Crippen LogP contribution in [0, 0.1) is 0 Å². The van der Waals surface area contributed by atoms with Crippen molar-refractivity contribution in [1.82, 2.24) is 10.2 Å². The highest BCUT2D eigenvalue weighted by atomic mass is 16.5. The van der Waals surface area contributed by atoms with Crippen molar-refractivity contribution in [3.05, 3.63) is 0 Å². The first kappa shape index (κ1) is 15.7. The molecule has 0 saturated carbocycles. The third-order valence-corrected chi connectivity index (χ3v) is 4.77. The zero-order valence-corrected chi connectivity index (χ0v) is 12.9. The molecule has 2 heterocycles. The summed E-state index contributed by atoms with van der Waals surface area (Å²) in [6.07, 6.45) is 5.10. The van der Waals surface area contributed by atoms with Crippen LogP contribution in [0.2, 0.25) is 0 Å². The summed E-state index contributed by atoms with van der Waals surface area (Å²) in [5, 5.41) is 3.45. The summed E-state index contributed by atoms with van der Waals surface area (Å²) < 4.78 is 5.63. The predicted octanol–water partition coefficient (Wildman–Crippen LogP) is 0.873. The van der Waals surface area contributed by atoms with Gasteiger partial charge in [-0.3, -0.25) is 4.79 Å². The van der Waals surface area contributed by atoms with Gasteiger partial charge in [-0.05, 0) is 52.5 Å². The van der Waals surface area contributed by atoms with Crippen LogP contribution >= 0.6 is 0 Å². The standard InChI is InChI=1S/C15H29N3O2/c1-12(2)18-8-4-6-15(7-9-18,14(16)19)17-11-13-5-3-10-20-13/h12-13,17H,3-11H2,1-2H3,(H2,16,19). The van der Waals surface area contributed by atoms with E-state index in [1.165, 1.54) is 0 Å². The normalized spacial score (nSPS) is 32.5. The van der Waals surface area contributed by atoms with Crippen molar-refractivity contribution in [2.45, 2.75) is 63.6 Å². The van der Waals surface area contributed by atoms with Crippen molar-refractivity contribution in [2.75, 3.05) is 26.2 Å². The third kappa shape index (κ3) is 3.71. The van der Waals surface area contributed by atoms with Crippen LogP contribution < -0.4 is 11.1 Å². The number of amides is 1. The number of ether oxygens (including phenoxy) is 1. The van der Waals surface area contributed by atoms with E-state index in [2.05, 4.69) is 24.1 Å². The zero-order valence-electron chi connectivity index (χ0n) is 12.9. The largest absolute Gasteiger partial charge is 0.377 e. The van der Waals surface area contributed by atoms with Crippen LogP contribution in [0.5, 0.6) is 0 Å². The van der Waals surface area contributed by atoms with E-state index in [0.29, 0.717) is 6.04 Å². The van der Waals surface area contributed by atoms with E-state index < -0.39 is 5.54 Å². The first-order chi connectivity index (χ1) is 9.53. The molecule has 0 spiro atoms. The number of nitrogens with zero attached hydrogens (tertiary/aromatic N) is 1. The number of nitrogens with one attached hydrogen (secondary N) is 1. The Kier molecular flexibility index (Phi) is 5.41. The van der Waals surface area contributed by atoms with Gasteiger partial charge in [-0.15, -0.1) is 0 Å². The second kappa shape index (κ2) is 6.87. The monoisotopic (exact) mass is 283 g/mol. The van der Waals surface area contributed by atoms with Crippen LogP contribution in [0.4, 0.5) is 0 Å². The minimum absolute atomic E-state index is 0.207. The van der Waals surface area contributed by atoms with Crippen LogP contribution in [0.15, 0.2) is 0 Å². The smallest absolute Gasteiger partial charge is 0.237 e. The molecule has 3 N–H and O–H groups in total. The first-order valence-corrected chi connectivity index (χ1v) is 7.94. The maximum absolute atomic E-state index is 12.0. The summed E-state index contributed by atoms with van der Waals surface area (Å²) in [6, 6.07) is 0.525. The van der Waals surface area contributed by atoms with Crippen molar-refractivity contribution in [1.29, 1.82) is 0 Å². The molecule has 2 aliphatic rings. The number of rotatable bonds is 5. The molecular weight excluding hydrogens is 254 g/mol. The lowest BCUT2D eigenvalue weighted by Gasteiger charge is -2.32. The topological polar surface area (TPSA) is 67.6 Å². The summed E-state index contributed by atoms with van der Waals surface area (Å²) in [5.41, 5.74) is 5.17. The average molecular weight is 283 g/mol. The lowest BCUT2D eigenvalue weighted by molar-refractivity contribution is -0.125. The van der Waals surface area contributed by atoms with Crippen LogP contribution in [0.1, 0.15) is 46.0 Å². The Morgan fingerprint density at radius 1 is 1.40 bits per heavy atom. The number of nitrogens with two attached hydrogens (primary N) is 1. The highest BCUT2D eigenvalue weighted by molar-refractivity contribution is 5.84. The molecular formula is C15H29N3O2. The first-order valence-electron chi connectivity index (χ1n) is 7.94. The summed E-state index contributed by atoms with van der Waals surface area (Å²) >= 11 is 0. The number of carbonyl (C=O) groups is 1. The summed E-state index contributed by atoms with van der Waals surface area (Å²) in [7, 11) is 0. The van der Waals surface area contributed by atoms with Gasteiger partial charge in [0, 0.05) is 25.7 Å². The third-order valence-electron chi connectivity index (χ3n) is 4.77. The highest BCUT2D eigenvalue weighted by Gasteiger charge is 2.38. The van der Waals surface area contributed by atoms with Crippen molar-refractivity contribution in [3.8, 4) is 0 Å². The molecule has 5 heteroatoms. The van der Waals surface area contributed by atoms with E-state index in [1.54, 1.807) is 0 Å². The van der Waals surface area contributed by atoms with Gasteiger partial charge in [0.2, 0.25) is 5.91 Å². The summed E-state index contributed by atoms with van der Waals surface area (Å²) in [5.74, 6) is -0.207. The van der Waals surface area contributed by atoms with Gasteiger partial charge >= 0.3 is 0 Å². The van der Waals surface area contributed by atoms with Gasteiger partial charge < -0.3 is 20.7 Å². The van der Waals surface area contributed by atoms with Crippen LogP contribution in [-0.2, 0) is 9.53 Å². The molecule has 116 valence electrons. The van der Waals surface area contributed by atoms with Crippen LogP contribution in [-0.4, -0.2) is 54.7 Å². The maximum Gasteiger partial charge on any atom is 0.237 e. The fraction of sp³-hybridized carbons (Fsp3) is 0.933. The van der Waals surface area contributed by atoms with Gasteiger partial charge in [0.25, 0.3) is 0 Å². The fourth-order valence-electron chi connectivity index (χ4n) is 3.30. The molecule has 0 bridgehead atoms. The van der Waals surface area contributed by atoms with Crippen molar-refractivity contribution >= 4 is 5.91 Å². The Bertz CT molecular complexity index is 329. The second-order valence-electron chi connectivity index (χ2n) is 6.45. The second-order valence-corrected chi connectivity index (χ2v) is 6.45. The summed E-state index contributed by atoms with van der Waals surface area (Å²) in [4.78, 5) is 14.4. The molecule has 0 aromatic heterocycles. The number of likely N-dealkylation sites (tertiary alicyclic amines) is 1. The molecule has 20 heavy (non-hydrogen) atoms. The molecule has 2 rings (SSSR count). The number of hydrogen-bond acceptors (Lipinski definition) is 4. The van der Waals surface area contributed by atoms with Gasteiger partial charge in [0.15, 0.2) is 0 Å². The van der Waals surface area contributed by atoms with Crippen molar-refractivity contribution in [3.63, 3.8) is 0 Å². The quantitative estimate of drug-likeness (QED) is 0.786. The van der Waals surface area contributed by atoms with Gasteiger partial charge in [-0.1, -0.05) is 0 Å². The zero-order chi connectivity index (χ0) is 14.6. The Balaban J connectivity index is 1.95. The Morgan fingerprint density at radius 3 is 2.80 bits per heavy atom. The molecule has 5 nitrogen and oxygen atoms in total. The molecule has 2 saturated heterocycles. The maximum atomic E-state index is 12.0. The van der Waals surface area contributed by atoms with Gasteiger partial charge in [0.1, 0.15) is 0 Å². The fourth-order valence-corrected chi connectivity index (χ4v) is 3.30. The molecule has 0 aromatic rings. The number of carbonyl (C=O) groups excluding carboxylic acids is 1. The molecule has 1 amide bonds. The van der Waals surface area contributed by atoms with Gasteiger partial charge in [-0.2, -0.15) is 0 Å². The molecule has 2 atom stereocenters. The number of primary amides is 1. The van der Waals surface area contributed by atoms with Gasteiger partial charge in [-0.25, -0.2) is 0 Å². The predicted molar refractivity (Wildman–Crippen MR) is 79.5 cm³/mol.